The van der Waals surface area contributed by atoms with E-state index in [0.717, 1.165) is 6.07 Å². The van der Waals surface area contributed by atoms with Crippen molar-refractivity contribution in [2.45, 2.75) is 0 Å². The molecule has 0 aliphatic carbocycles. The fourth-order valence-electron chi connectivity index (χ4n) is 1.54. The van der Waals surface area contributed by atoms with E-state index < -0.39 is 17.6 Å². The summed E-state index contributed by atoms with van der Waals surface area (Å²) in [5, 5.41) is 29.9. The Hall–Kier alpha value is -3.09. The van der Waals surface area contributed by atoms with E-state index in [4.69, 9.17) is 5.11 Å². The lowest BCUT2D eigenvalue weighted by Crippen LogP contribution is -2.12. The molecule has 4 N–H and O–H groups in total. The number of rotatable bonds is 3. The van der Waals surface area contributed by atoms with Crippen LogP contribution in [0, 0.1) is 0 Å². The summed E-state index contributed by atoms with van der Waals surface area (Å²) >= 11 is 0. The second-order valence-electron chi connectivity index (χ2n) is 3.92. The molecule has 2 aromatic rings. The molecule has 0 spiro atoms. The number of nitrogens with one attached hydrogen (secondary N) is 1. The van der Waals surface area contributed by atoms with Gasteiger partial charge in [0.1, 0.15) is 17.1 Å². The molecule has 1 aromatic heterocycles. The van der Waals surface area contributed by atoms with Crippen LogP contribution in [0.3, 0.4) is 0 Å². The van der Waals surface area contributed by atoms with Crippen molar-refractivity contribution in [3.8, 4) is 11.5 Å². The summed E-state index contributed by atoms with van der Waals surface area (Å²) < 4.78 is 0. The van der Waals surface area contributed by atoms with Crippen LogP contribution in [0.5, 0.6) is 11.5 Å². The zero-order valence-electron chi connectivity index (χ0n) is 10.1. The number of carbonyl (C=O) groups is 2. The van der Waals surface area contributed by atoms with Gasteiger partial charge in [-0.3, -0.25) is 9.78 Å². The number of amides is 1. The van der Waals surface area contributed by atoms with Crippen molar-refractivity contribution < 1.29 is 24.9 Å². The van der Waals surface area contributed by atoms with Crippen LogP contribution in [0.15, 0.2) is 36.7 Å². The molecule has 7 heteroatoms. The molecule has 0 aliphatic heterocycles. The van der Waals surface area contributed by atoms with Crippen LogP contribution in [0.2, 0.25) is 0 Å². The average molecular weight is 274 g/mol. The molecule has 0 saturated carbocycles. The number of anilines is 1. The van der Waals surface area contributed by atoms with Gasteiger partial charge in [-0.05, 0) is 24.3 Å². The first-order valence-electron chi connectivity index (χ1n) is 5.49. The zero-order chi connectivity index (χ0) is 14.7. The number of carboxylic acids is 1. The number of aromatic hydroxyl groups is 2. The Morgan fingerprint density at radius 3 is 2.50 bits per heavy atom. The molecule has 7 nitrogen and oxygen atoms in total. The maximum absolute atomic E-state index is 11.9. The number of phenols is 1. The summed E-state index contributed by atoms with van der Waals surface area (Å²) in [6.45, 7) is 0. The zero-order valence-corrected chi connectivity index (χ0v) is 10.1. The molecule has 2 rings (SSSR count). The predicted octanol–water partition coefficient (Wildman–Crippen LogP) is 1.44. The number of aromatic carboxylic acids is 1. The Labute approximate surface area is 113 Å². The van der Waals surface area contributed by atoms with Crippen LogP contribution in [0.4, 0.5) is 5.69 Å². The van der Waals surface area contributed by atoms with Crippen molar-refractivity contribution in [1.82, 2.24) is 4.98 Å². The van der Waals surface area contributed by atoms with E-state index in [0.29, 0.717) is 0 Å². The van der Waals surface area contributed by atoms with Crippen molar-refractivity contribution in [2.75, 3.05) is 5.32 Å². The molecule has 1 amide bonds. The summed E-state index contributed by atoms with van der Waals surface area (Å²) in [6.07, 6.45) is 2.44. The van der Waals surface area contributed by atoms with Gasteiger partial charge in [0.2, 0.25) is 0 Å². The van der Waals surface area contributed by atoms with E-state index in [-0.39, 0.29) is 22.6 Å². The second-order valence-corrected chi connectivity index (χ2v) is 3.92. The molecular weight excluding hydrogens is 264 g/mol. The number of benzene rings is 1. The Morgan fingerprint density at radius 2 is 1.85 bits per heavy atom. The van der Waals surface area contributed by atoms with Gasteiger partial charge in [0, 0.05) is 11.9 Å². The number of carboxylic acid groups (broad SMARTS) is 1. The van der Waals surface area contributed by atoms with Crippen LogP contribution >= 0.6 is 0 Å². The van der Waals surface area contributed by atoms with Gasteiger partial charge < -0.3 is 20.6 Å². The maximum Gasteiger partial charge on any atom is 0.339 e. The van der Waals surface area contributed by atoms with E-state index in [1.165, 1.54) is 30.6 Å². The second kappa shape index (κ2) is 5.27. The smallest absolute Gasteiger partial charge is 0.339 e. The largest absolute Gasteiger partial charge is 0.507 e. The minimum absolute atomic E-state index is 0.120. The van der Waals surface area contributed by atoms with Crippen LogP contribution in [-0.4, -0.2) is 32.2 Å². The first-order chi connectivity index (χ1) is 9.47. The Morgan fingerprint density at radius 1 is 1.10 bits per heavy atom. The molecule has 1 aromatic carbocycles. The molecule has 0 unspecified atom stereocenters. The number of aromatic nitrogens is 1. The normalized spacial score (nSPS) is 10.0. The Kier molecular flexibility index (Phi) is 3.52. The van der Waals surface area contributed by atoms with Crippen molar-refractivity contribution in [1.29, 1.82) is 0 Å². The Balaban J connectivity index is 2.24. The molecule has 1 heterocycles. The molecule has 102 valence electrons. The fraction of sp³-hybridized carbons (Fsp3) is 0. The molecule has 0 radical (unpaired) electrons. The highest BCUT2D eigenvalue weighted by molar-refractivity contribution is 6.05. The summed E-state index contributed by atoms with van der Waals surface area (Å²) in [5.74, 6) is -2.42. The van der Waals surface area contributed by atoms with Crippen molar-refractivity contribution in [2.24, 2.45) is 0 Å². The highest BCUT2D eigenvalue weighted by atomic mass is 16.4. The van der Waals surface area contributed by atoms with Gasteiger partial charge in [-0.1, -0.05) is 0 Å². The highest BCUT2D eigenvalue weighted by Gasteiger charge is 2.12. The van der Waals surface area contributed by atoms with E-state index in [1.54, 1.807) is 0 Å². The molecule has 20 heavy (non-hydrogen) atoms. The van der Waals surface area contributed by atoms with E-state index in [1.807, 2.05) is 0 Å². The molecule has 0 fully saturated rings. The van der Waals surface area contributed by atoms with Gasteiger partial charge in [0.05, 0.1) is 11.8 Å². The van der Waals surface area contributed by atoms with Crippen LogP contribution in [-0.2, 0) is 0 Å². The summed E-state index contributed by atoms with van der Waals surface area (Å²) in [7, 11) is 0. The minimum Gasteiger partial charge on any atom is -0.507 e. The standard InChI is InChI=1S/C13H10N2O5/c16-9-3-7(5-14-6-9)12(18)15-8-1-2-11(17)10(4-8)13(19)20/h1-6,16-17H,(H,15,18)(H,19,20). The SMILES string of the molecule is O=C(Nc1ccc(O)c(C(=O)O)c1)c1cncc(O)c1. The number of carbonyl (C=O) groups excluding carboxylic acids is 1. The van der Waals surface area contributed by atoms with Gasteiger partial charge in [-0.15, -0.1) is 0 Å². The Bertz CT molecular complexity index is 684. The first kappa shape index (κ1) is 13.3. The van der Waals surface area contributed by atoms with E-state index >= 15 is 0 Å². The fourth-order valence-corrected chi connectivity index (χ4v) is 1.54. The van der Waals surface area contributed by atoms with Gasteiger partial charge in [-0.2, -0.15) is 0 Å². The van der Waals surface area contributed by atoms with Gasteiger partial charge >= 0.3 is 5.97 Å². The lowest BCUT2D eigenvalue weighted by molar-refractivity contribution is 0.0693. The van der Waals surface area contributed by atoms with Crippen molar-refractivity contribution in [3.05, 3.63) is 47.8 Å². The van der Waals surface area contributed by atoms with Gasteiger partial charge in [0.25, 0.3) is 5.91 Å². The number of hydrogen-bond acceptors (Lipinski definition) is 5. The summed E-state index contributed by atoms with van der Waals surface area (Å²) in [4.78, 5) is 26.4. The minimum atomic E-state index is -1.31. The molecule has 0 saturated heterocycles. The van der Waals surface area contributed by atoms with Crippen molar-refractivity contribution >= 4 is 17.6 Å². The van der Waals surface area contributed by atoms with E-state index in [9.17, 15) is 19.8 Å². The van der Waals surface area contributed by atoms with Crippen molar-refractivity contribution in [3.63, 3.8) is 0 Å². The van der Waals surface area contributed by atoms with E-state index in [2.05, 4.69) is 10.3 Å². The third-order valence-electron chi connectivity index (χ3n) is 2.47. The molecule has 0 aliphatic rings. The van der Waals surface area contributed by atoms with Gasteiger partial charge in [-0.25, -0.2) is 4.79 Å². The monoisotopic (exact) mass is 274 g/mol. The van der Waals surface area contributed by atoms with Crippen LogP contribution < -0.4 is 5.32 Å². The topological polar surface area (TPSA) is 120 Å². The van der Waals surface area contributed by atoms with Crippen LogP contribution in [0.1, 0.15) is 20.7 Å². The number of nitrogens with zero attached hydrogens (tertiary/aromatic N) is 1. The number of pyridine rings is 1. The maximum atomic E-state index is 11.9. The molecule has 0 atom stereocenters. The quantitative estimate of drug-likeness (QED) is 0.629. The molecule has 0 bridgehead atoms. The lowest BCUT2D eigenvalue weighted by Gasteiger charge is -2.07. The van der Waals surface area contributed by atoms with Crippen LogP contribution in [0.25, 0.3) is 0 Å². The average Bonchev–Trinajstić information content (AvgIpc) is 2.40. The predicted molar refractivity (Wildman–Crippen MR) is 68.9 cm³/mol. The lowest BCUT2D eigenvalue weighted by atomic mass is 10.1. The number of hydrogen-bond donors (Lipinski definition) is 4. The van der Waals surface area contributed by atoms with Gasteiger partial charge in [0.15, 0.2) is 0 Å². The highest BCUT2D eigenvalue weighted by Crippen LogP contribution is 2.22. The summed E-state index contributed by atoms with van der Waals surface area (Å²) in [5.41, 5.74) is 0.000303. The summed E-state index contributed by atoms with van der Waals surface area (Å²) in [6, 6.07) is 4.88. The third-order valence-corrected chi connectivity index (χ3v) is 2.47. The third kappa shape index (κ3) is 2.83. The molecular formula is C13H10N2O5. The first-order valence-corrected chi connectivity index (χ1v) is 5.49.